The molecule has 0 aliphatic rings. The van der Waals surface area contributed by atoms with Crippen molar-refractivity contribution in [2.24, 2.45) is 5.73 Å². The summed E-state index contributed by atoms with van der Waals surface area (Å²) in [5, 5.41) is 0.435. The van der Waals surface area contributed by atoms with Gasteiger partial charge in [0, 0.05) is 6.04 Å². The number of hydrogen-bond acceptors (Lipinski definition) is 5. The first kappa shape index (κ1) is 16.6. The van der Waals surface area contributed by atoms with Crippen molar-refractivity contribution in [2.45, 2.75) is 25.8 Å². The van der Waals surface area contributed by atoms with Gasteiger partial charge in [-0.2, -0.15) is 0 Å². The number of methoxy groups -OCH3 is 2. The summed E-state index contributed by atoms with van der Waals surface area (Å²) in [5.41, 5.74) is 6.74. The van der Waals surface area contributed by atoms with Crippen LogP contribution in [0.3, 0.4) is 0 Å². The summed E-state index contributed by atoms with van der Waals surface area (Å²) in [6.45, 7) is 2.09. The molecule has 1 atom stereocenters. The molecule has 0 saturated carbocycles. The summed E-state index contributed by atoms with van der Waals surface area (Å²) in [5.74, 6) is 0.609. The fourth-order valence-electron chi connectivity index (χ4n) is 1.74. The number of rotatable bonds is 7. The molecule has 112 valence electrons. The monoisotopic (exact) mass is 301 g/mol. The fraction of sp³-hybridized carbons (Fsp3) is 0.500. The van der Waals surface area contributed by atoms with Crippen molar-refractivity contribution in [3.63, 3.8) is 0 Å². The van der Waals surface area contributed by atoms with Gasteiger partial charge in [-0.15, -0.1) is 0 Å². The van der Waals surface area contributed by atoms with Crippen LogP contribution in [0.25, 0.3) is 0 Å². The molecule has 0 radical (unpaired) electrons. The topological polar surface area (TPSA) is 70.8 Å². The highest BCUT2D eigenvalue weighted by molar-refractivity contribution is 6.32. The van der Waals surface area contributed by atoms with Crippen LogP contribution in [0, 0.1) is 0 Å². The number of carbonyl (C=O) groups is 1. The van der Waals surface area contributed by atoms with Crippen molar-refractivity contribution in [2.75, 3.05) is 20.8 Å². The molecule has 20 heavy (non-hydrogen) atoms. The second-order valence-corrected chi connectivity index (χ2v) is 4.87. The van der Waals surface area contributed by atoms with Crippen LogP contribution in [0.15, 0.2) is 12.1 Å². The van der Waals surface area contributed by atoms with E-state index >= 15 is 0 Å². The van der Waals surface area contributed by atoms with E-state index in [2.05, 4.69) is 4.74 Å². The summed E-state index contributed by atoms with van der Waals surface area (Å²) < 4.78 is 15.3. The van der Waals surface area contributed by atoms with Gasteiger partial charge in [-0.3, -0.25) is 4.79 Å². The van der Waals surface area contributed by atoms with Gasteiger partial charge in [0.1, 0.15) is 0 Å². The number of ether oxygens (including phenoxy) is 3. The SMILES string of the molecule is COC(=O)CCOc1c(Cl)cc(CC(C)N)cc1OC. The number of benzene rings is 1. The number of esters is 1. The quantitative estimate of drug-likeness (QED) is 0.782. The first-order chi connectivity index (χ1) is 9.47. The van der Waals surface area contributed by atoms with Gasteiger partial charge < -0.3 is 19.9 Å². The lowest BCUT2D eigenvalue weighted by atomic mass is 10.1. The van der Waals surface area contributed by atoms with E-state index in [-0.39, 0.29) is 25.0 Å². The van der Waals surface area contributed by atoms with E-state index in [9.17, 15) is 4.79 Å². The zero-order valence-electron chi connectivity index (χ0n) is 11.9. The highest BCUT2D eigenvalue weighted by atomic mass is 35.5. The van der Waals surface area contributed by atoms with Crippen molar-refractivity contribution in [3.8, 4) is 11.5 Å². The molecule has 2 N–H and O–H groups in total. The Balaban J connectivity index is 2.82. The number of nitrogens with two attached hydrogens (primary N) is 1. The lowest BCUT2D eigenvalue weighted by Crippen LogP contribution is -2.17. The van der Waals surface area contributed by atoms with Crippen molar-refractivity contribution in [1.29, 1.82) is 0 Å². The largest absolute Gasteiger partial charge is 0.493 e. The van der Waals surface area contributed by atoms with E-state index < -0.39 is 0 Å². The van der Waals surface area contributed by atoms with Crippen LogP contribution in [-0.2, 0) is 16.0 Å². The van der Waals surface area contributed by atoms with Crippen LogP contribution in [0.5, 0.6) is 11.5 Å². The van der Waals surface area contributed by atoms with E-state index in [1.165, 1.54) is 14.2 Å². The Morgan fingerprint density at radius 3 is 2.65 bits per heavy atom. The van der Waals surface area contributed by atoms with Crippen LogP contribution >= 0.6 is 11.6 Å². The van der Waals surface area contributed by atoms with Crippen LogP contribution in [0.4, 0.5) is 0 Å². The maximum Gasteiger partial charge on any atom is 0.308 e. The summed E-state index contributed by atoms with van der Waals surface area (Å²) in [7, 11) is 2.87. The summed E-state index contributed by atoms with van der Waals surface area (Å²) >= 11 is 6.18. The molecule has 0 spiro atoms. The third kappa shape index (κ3) is 4.90. The average Bonchev–Trinajstić information content (AvgIpc) is 2.39. The first-order valence-electron chi connectivity index (χ1n) is 6.29. The molecule has 1 rings (SSSR count). The molecule has 0 saturated heterocycles. The molecule has 6 heteroatoms. The van der Waals surface area contributed by atoms with E-state index in [0.29, 0.717) is 22.9 Å². The normalized spacial score (nSPS) is 11.8. The Morgan fingerprint density at radius 2 is 2.10 bits per heavy atom. The number of hydrogen-bond donors (Lipinski definition) is 1. The predicted molar refractivity (Wildman–Crippen MR) is 77.5 cm³/mol. The zero-order chi connectivity index (χ0) is 15.1. The van der Waals surface area contributed by atoms with Crippen LogP contribution in [0.2, 0.25) is 5.02 Å². The minimum Gasteiger partial charge on any atom is -0.493 e. The van der Waals surface area contributed by atoms with Crippen LogP contribution in [-0.4, -0.2) is 32.8 Å². The molecule has 0 aliphatic carbocycles. The molecule has 0 fully saturated rings. The van der Waals surface area contributed by atoms with Crippen molar-refractivity contribution in [1.82, 2.24) is 0 Å². The number of halogens is 1. The molecule has 1 aromatic rings. The maximum atomic E-state index is 11.0. The van der Waals surface area contributed by atoms with Gasteiger partial charge in [-0.1, -0.05) is 11.6 Å². The summed E-state index contributed by atoms with van der Waals surface area (Å²) in [6.07, 6.45) is 0.843. The van der Waals surface area contributed by atoms with Crippen molar-refractivity contribution < 1.29 is 19.0 Å². The van der Waals surface area contributed by atoms with Gasteiger partial charge in [-0.25, -0.2) is 0 Å². The molecule has 5 nitrogen and oxygen atoms in total. The molecule has 0 amide bonds. The molecular formula is C14H20ClNO4. The van der Waals surface area contributed by atoms with E-state index in [1.54, 1.807) is 6.07 Å². The Bertz CT molecular complexity index is 463. The second kappa shape index (κ2) is 7.97. The van der Waals surface area contributed by atoms with Gasteiger partial charge in [-0.05, 0) is 31.0 Å². The van der Waals surface area contributed by atoms with Gasteiger partial charge in [0.25, 0.3) is 0 Å². The Labute approximate surface area is 123 Å². The van der Waals surface area contributed by atoms with Gasteiger partial charge in [0.2, 0.25) is 0 Å². The Hall–Kier alpha value is -1.46. The molecular weight excluding hydrogens is 282 g/mol. The van der Waals surface area contributed by atoms with Crippen molar-refractivity contribution in [3.05, 3.63) is 22.7 Å². The summed E-state index contributed by atoms with van der Waals surface area (Å²) in [6, 6.07) is 3.66. The van der Waals surface area contributed by atoms with E-state index in [1.807, 2.05) is 13.0 Å². The van der Waals surface area contributed by atoms with E-state index in [4.69, 9.17) is 26.8 Å². The predicted octanol–water partition coefficient (Wildman–Crippen LogP) is 2.18. The fourth-order valence-corrected chi connectivity index (χ4v) is 2.03. The summed E-state index contributed by atoms with van der Waals surface area (Å²) in [4.78, 5) is 11.0. The minimum absolute atomic E-state index is 0.0295. The first-order valence-corrected chi connectivity index (χ1v) is 6.67. The van der Waals surface area contributed by atoms with Gasteiger partial charge >= 0.3 is 5.97 Å². The molecule has 0 heterocycles. The molecule has 0 bridgehead atoms. The lowest BCUT2D eigenvalue weighted by molar-refractivity contribution is -0.141. The highest BCUT2D eigenvalue weighted by Gasteiger charge is 2.13. The molecule has 1 aromatic carbocycles. The highest BCUT2D eigenvalue weighted by Crippen LogP contribution is 2.36. The van der Waals surface area contributed by atoms with Crippen LogP contribution in [0.1, 0.15) is 18.9 Å². The van der Waals surface area contributed by atoms with Crippen LogP contribution < -0.4 is 15.2 Å². The van der Waals surface area contributed by atoms with Gasteiger partial charge in [0.15, 0.2) is 11.5 Å². The Morgan fingerprint density at radius 1 is 1.40 bits per heavy atom. The third-order valence-corrected chi connectivity index (χ3v) is 2.91. The molecule has 1 unspecified atom stereocenters. The Kier molecular flexibility index (Phi) is 6.61. The zero-order valence-corrected chi connectivity index (χ0v) is 12.7. The van der Waals surface area contributed by atoms with E-state index in [0.717, 1.165) is 5.56 Å². The van der Waals surface area contributed by atoms with Crippen molar-refractivity contribution >= 4 is 17.6 Å². The molecule has 0 aliphatic heterocycles. The lowest BCUT2D eigenvalue weighted by Gasteiger charge is -2.14. The standard InChI is InChI=1S/C14H20ClNO4/c1-9(16)6-10-7-11(15)14(12(8-10)18-2)20-5-4-13(17)19-3/h7-9H,4-6,16H2,1-3H3. The smallest absolute Gasteiger partial charge is 0.308 e. The second-order valence-electron chi connectivity index (χ2n) is 4.47. The number of carbonyl (C=O) groups excluding carboxylic acids is 1. The van der Waals surface area contributed by atoms with Gasteiger partial charge in [0.05, 0.1) is 32.3 Å². The minimum atomic E-state index is -0.339. The third-order valence-electron chi connectivity index (χ3n) is 2.63. The maximum absolute atomic E-state index is 11.0. The molecule has 0 aromatic heterocycles. The average molecular weight is 302 g/mol.